The smallest absolute Gasteiger partial charge is 0.250 e. The Morgan fingerprint density at radius 1 is 0.969 bits per heavy atom. The summed E-state index contributed by atoms with van der Waals surface area (Å²) in [7, 11) is 0. The predicted octanol–water partition coefficient (Wildman–Crippen LogP) is 1.14. The van der Waals surface area contributed by atoms with E-state index >= 15 is 0 Å². The van der Waals surface area contributed by atoms with E-state index < -0.39 is 0 Å². The summed E-state index contributed by atoms with van der Waals surface area (Å²) in [4.78, 5) is 53.9. The molecule has 8 nitrogen and oxygen atoms in total. The summed E-state index contributed by atoms with van der Waals surface area (Å²) in [5, 5.41) is 2.99. The van der Waals surface area contributed by atoms with Gasteiger partial charge in [-0.25, -0.2) is 0 Å². The van der Waals surface area contributed by atoms with E-state index in [0.717, 1.165) is 30.8 Å². The molecule has 0 spiro atoms. The highest BCUT2D eigenvalue weighted by Crippen LogP contribution is 2.34. The maximum absolute atomic E-state index is 13.2. The number of amides is 3. The first kappa shape index (κ1) is 23.2. The van der Waals surface area contributed by atoms with Gasteiger partial charge in [-0.15, -0.1) is 23.5 Å². The van der Waals surface area contributed by atoms with E-state index in [1.807, 2.05) is 9.80 Å². The second kappa shape index (κ2) is 10.8. The number of rotatable bonds is 5. The van der Waals surface area contributed by atoms with Crippen LogP contribution >= 0.6 is 23.5 Å². The fourth-order valence-electron chi connectivity index (χ4n) is 4.53. The van der Waals surface area contributed by atoms with Crippen LogP contribution in [0.2, 0.25) is 0 Å². The minimum absolute atomic E-state index is 0.00481. The van der Waals surface area contributed by atoms with E-state index in [1.165, 1.54) is 10.6 Å². The van der Waals surface area contributed by atoms with Crippen LogP contribution in [0.4, 0.5) is 0 Å². The van der Waals surface area contributed by atoms with Gasteiger partial charge < -0.3 is 19.7 Å². The number of hydrogen-bond donors (Lipinski definition) is 1. The standard InChI is InChI=1S/C22H30N4O4S2/c27-18(15-25-9-2-1-6-19(25)28)23-16-7-11-24(12-8-16)20(29)17-5-3-10-26(17)21(30)22-31-13-4-14-32-22/h1-2,6,9,16-17,22H,3-5,7-8,10-15H2,(H,23,27)/t17-/m0/s1. The van der Waals surface area contributed by atoms with Gasteiger partial charge in [0.15, 0.2) is 0 Å². The molecule has 3 aliphatic heterocycles. The quantitative estimate of drug-likeness (QED) is 0.683. The summed E-state index contributed by atoms with van der Waals surface area (Å²) in [6, 6.07) is 4.45. The first-order chi connectivity index (χ1) is 15.5. The number of carbonyl (C=O) groups is 3. The number of likely N-dealkylation sites (tertiary alicyclic amines) is 2. The first-order valence-electron chi connectivity index (χ1n) is 11.3. The van der Waals surface area contributed by atoms with Crippen molar-refractivity contribution in [1.82, 2.24) is 19.7 Å². The Labute approximate surface area is 196 Å². The van der Waals surface area contributed by atoms with E-state index in [0.29, 0.717) is 32.5 Å². The molecule has 10 heteroatoms. The van der Waals surface area contributed by atoms with Crippen LogP contribution in [0.3, 0.4) is 0 Å². The van der Waals surface area contributed by atoms with Crippen molar-refractivity contribution >= 4 is 41.2 Å². The van der Waals surface area contributed by atoms with Gasteiger partial charge in [0.05, 0.1) is 0 Å². The van der Waals surface area contributed by atoms with Crippen LogP contribution in [0.15, 0.2) is 29.2 Å². The molecule has 1 aromatic rings. The van der Waals surface area contributed by atoms with Gasteiger partial charge in [0.2, 0.25) is 17.7 Å². The highest BCUT2D eigenvalue weighted by molar-refractivity contribution is 8.18. The van der Waals surface area contributed by atoms with Crippen LogP contribution in [0.25, 0.3) is 0 Å². The summed E-state index contributed by atoms with van der Waals surface area (Å²) < 4.78 is 1.30. The van der Waals surface area contributed by atoms with Gasteiger partial charge in [0.25, 0.3) is 5.56 Å². The molecular weight excluding hydrogens is 448 g/mol. The minimum Gasteiger partial charge on any atom is -0.352 e. The van der Waals surface area contributed by atoms with Crippen molar-refractivity contribution in [3.63, 3.8) is 0 Å². The summed E-state index contributed by atoms with van der Waals surface area (Å²) in [5.41, 5.74) is -0.205. The van der Waals surface area contributed by atoms with E-state index in [-0.39, 0.29) is 46.5 Å². The van der Waals surface area contributed by atoms with Crippen molar-refractivity contribution in [2.75, 3.05) is 31.1 Å². The molecular formula is C22H30N4O4S2. The number of nitrogens with one attached hydrogen (secondary N) is 1. The van der Waals surface area contributed by atoms with E-state index in [2.05, 4.69) is 5.32 Å². The molecule has 0 aromatic carbocycles. The van der Waals surface area contributed by atoms with E-state index in [1.54, 1.807) is 41.9 Å². The van der Waals surface area contributed by atoms with E-state index in [9.17, 15) is 19.2 Å². The summed E-state index contributed by atoms with van der Waals surface area (Å²) in [6.45, 7) is 1.80. The molecule has 0 bridgehead atoms. The normalized spacial score (nSPS) is 22.7. The Balaban J connectivity index is 1.26. The van der Waals surface area contributed by atoms with Crippen molar-refractivity contribution in [2.24, 2.45) is 0 Å². The third-order valence-corrected chi connectivity index (χ3v) is 9.11. The van der Waals surface area contributed by atoms with E-state index in [4.69, 9.17) is 0 Å². The molecule has 0 aliphatic carbocycles. The summed E-state index contributed by atoms with van der Waals surface area (Å²) >= 11 is 3.40. The summed E-state index contributed by atoms with van der Waals surface area (Å²) in [5.74, 6) is 1.97. The zero-order chi connectivity index (χ0) is 22.5. The third kappa shape index (κ3) is 5.51. The molecule has 1 N–H and O–H groups in total. The molecule has 3 fully saturated rings. The number of thioether (sulfide) groups is 2. The highest BCUT2D eigenvalue weighted by atomic mass is 32.2. The Bertz CT molecular complexity index is 894. The second-order valence-corrected chi connectivity index (χ2v) is 11.2. The number of carbonyl (C=O) groups excluding carboxylic acids is 3. The Kier molecular flexibility index (Phi) is 7.83. The molecule has 4 rings (SSSR count). The molecule has 3 saturated heterocycles. The minimum atomic E-state index is -0.346. The van der Waals surface area contributed by atoms with Crippen LogP contribution < -0.4 is 10.9 Å². The Morgan fingerprint density at radius 2 is 1.72 bits per heavy atom. The van der Waals surface area contributed by atoms with Crippen LogP contribution in [0, 0.1) is 0 Å². The molecule has 4 heterocycles. The average molecular weight is 479 g/mol. The van der Waals surface area contributed by atoms with Crippen molar-refractivity contribution < 1.29 is 14.4 Å². The lowest BCUT2D eigenvalue weighted by Gasteiger charge is -2.36. The van der Waals surface area contributed by atoms with Gasteiger partial charge in [0.1, 0.15) is 17.2 Å². The monoisotopic (exact) mass is 478 g/mol. The van der Waals surface area contributed by atoms with Crippen molar-refractivity contribution in [1.29, 1.82) is 0 Å². The number of piperidine rings is 1. The lowest BCUT2D eigenvalue weighted by molar-refractivity contribution is -0.143. The maximum atomic E-state index is 13.2. The SMILES string of the molecule is O=C(Cn1ccccc1=O)NC1CCN(C(=O)[C@@H]2CCCN2C(=O)C2SCCCS2)CC1. The Hall–Kier alpha value is -1.94. The molecule has 32 heavy (non-hydrogen) atoms. The zero-order valence-electron chi connectivity index (χ0n) is 18.1. The molecule has 3 aliphatic rings. The predicted molar refractivity (Wildman–Crippen MR) is 127 cm³/mol. The third-order valence-electron chi connectivity index (χ3n) is 6.23. The fraction of sp³-hybridized carbons (Fsp3) is 0.636. The number of hydrogen-bond acceptors (Lipinski definition) is 6. The van der Waals surface area contributed by atoms with Crippen molar-refractivity contribution in [2.45, 2.75) is 55.3 Å². The topological polar surface area (TPSA) is 91.7 Å². The molecule has 174 valence electrons. The molecule has 1 aromatic heterocycles. The number of pyridine rings is 1. The second-order valence-electron chi connectivity index (χ2n) is 8.45. The maximum Gasteiger partial charge on any atom is 0.250 e. The zero-order valence-corrected chi connectivity index (χ0v) is 19.7. The van der Waals surface area contributed by atoms with Crippen molar-refractivity contribution in [3.05, 3.63) is 34.7 Å². The largest absolute Gasteiger partial charge is 0.352 e. The van der Waals surface area contributed by atoms with Crippen LogP contribution in [0.1, 0.15) is 32.1 Å². The lowest BCUT2D eigenvalue weighted by atomic mass is 10.0. The Morgan fingerprint density at radius 3 is 2.44 bits per heavy atom. The molecule has 1 atom stereocenters. The first-order valence-corrected chi connectivity index (χ1v) is 13.4. The van der Waals surface area contributed by atoms with Crippen molar-refractivity contribution in [3.8, 4) is 0 Å². The lowest BCUT2D eigenvalue weighted by Crippen LogP contribution is -2.53. The molecule has 3 amide bonds. The number of aromatic nitrogens is 1. The van der Waals surface area contributed by atoms with Gasteiger partial charge in [-0.2, -0.15) is 0 Å². The van der Waals surface area contributed by atoms with Gasteiger partial charge in [-0.05, 0) is 49.7 Å². The molecule has 0 saturated carbocycles. The summed E-state index contributed by atoms with van der Waals surface area (Å²) in [6.07, 6.45) is 5.69. The van der Waals surface area contributed by atoms with Crippen LogP contribution in [-0.4, -0.2) is 79.9 Å². The van der Waals surface area contributed by atoms with Gasteiger partial charge >= 0.3 is 0 Å². The highest BCUT2D eigenvalue weighted by Gasteiger charge is 2.40. The van der Waals surface area contributed by atoms with Gasteiger partial charge in [0, 0.05) is 37.9 Å². The molecule has 0 unspecified atom stereocenters. The molecule has 0 radical (unpaired) electrons. The van der Waals surface area contributed by atoms with Gasteiger partial charge in [-0.3, -0.25) is 19.2 Å². The van der Waals surface area contributed by atoms with Crippen LogP contribution in [-0.2, 0) is 20.9 Å². The fourth-order valence-corrected chi connectivity index (χ4v) is 7.28. The van der Waals surface area contributed by atoms with Crippen LogP contribution in [0.5, 0.6) is 0 Å². The average Bonchev–Trinajstić information content (AvgIpc) is 3.30. The number of nitrogens with zero attached hydrogens (tertiary/aromatic N) is 3. The van der Waals surface area contributed by atoms with Gasteiger partial charge in [-0.1, -0.05) is 6.07 Å².